The number of carbonyl (C=O) groups is 1. The van der Waals surface area contributed by atoms with E-state index in [1.807, 2.05) is 18.2 Å². The van der Waals surface area contributed by atoms with Gasteiger partial charge >= 0.3 is 5.97 Å². The van der Waals surface area contributed by atoms with E-state index in [4.69, 9.17) is 4.74 Å². The molecule has 0 amide bonds. The number of benzene rings is 1. The second-order valence-corrected chi connectivity index (χ2v) is 4.77. The number of rotatable bonds is 2. The number of esters is 1. The Morgan fingerprint density at radius 3 is 2.88 bits per heavy atom. The molecule has 1 fully saturated rings. The van der Waals surface area contributed by atoms with Crippen LogP contribution in [0.4, 0.5) is 0 Å². The number of hydrogen-bond acceptors (Lipinski definition) is 3. The van der Waals surface area contributed by atoms with E-state index in [9.17, 15) is 4.79 Å². The molecule has 1 heterocycles. The molecule has 16 heavy (non-hydrogen) atoms. The third-order valence-electron chi connectivity index (χ3n) is 3.02. The quantitative estimate of drug-likeness (QED) is 0.843. The highest BCUT2D eigenvalue weighted by Gasteiger charge is 2.35. The maximum atomic E-state index is 11.6. The van der Waals surface area contributed by atoms with E-state index in [1.54, 1.807) is 0 Å². The summed E-state index contributed by atoms with van der Waals surface area (Å²) >= 11 is 3.52. The van der Waals surface area contributed by atoms with Gasteiger partial charge in [0, 0.05) is 23.5 Å². The van der Waals surface area contributed by atoms with Crippen molar-refractivity contribution in [2.24, 2.45) is 5.92 Å². The van der Waals surface area contributed by atoms with Crippen molar-refractivity contribution in [3.8, 4) is 0 Å². The fourth-order valence-electron chi connectivity index (χ4n) is 2.18. The SMILES string of the molecule is COC(=O)[C@H]1CNC[C@@H]1c1ccccc1Br. The molecule has 86 valence electrons. The molecule has 1 N–H and O–H groups in total. The molecule has 0 spiro atoms. The van der Waals surface area contributed by atoms with Crippen LogP contribution in [0.25, 0.3) is 0 Å². The van der Waals surface area contributed by atoms with Crippen LogP contribution in [0.5, 0.6) is 0 Å². The molecular formula is C12H14BrNO2. The minimum Gasteiger partial charge on any atom is -0.469 e. The van der Waals surface area contributed by atoms with Gasteiger partial charge in [-0.1, -0.05) is 34.1 Å². The van der Waals surface area contributed by atoms with Crippen LogP contribution in [0.15, 0.2) is 28.7 Å². The predicted molar refractivity (Wildman–Crippen MR) is 65.3 cm³/mol. The maximum absolute atomic E-state index is 11.6. The first-order chi connectivity index (χ1) is 7.74. The molecule has 2 rings (SSSR count). The predicted octanol–water partition coefficient (Wildman–Crippen LogP) is 1.93. The summed E-state index contributed by atoms with van der Waals surface area (Å²) in [5.74, 6) is -0.0162. The minimum absolute atomic E-state index is 0.0799. The summed E-state index contributed by atoms with van der Waals surface area (Å²) in [6.45, 7) is 1.51. The zero-order chi connectivity index (χ0) is 11.5. The van der Waals surface area contributed by atoms with Gasteiger partial charge in [-0.15, -0.1) is 0 Å². The van der Waals surface area contributed by atoms with Crippen LogP contribution in [-0.2, 0) is 9.53 Å². The van der Waals surface area contributed by atoms with Gasteiger partial charge in [0.1, 0.15) is 0 Å². The fourth-order valence-corrected chi connectivity index (χ4v) is 2.76. The van der Waals surface area contributed by atoms with Gasteiger partial charge in [-0.25, -0.2) is 0 Å². The van der Waals surface area contributed by atoms with E-state index in [1.165, 1.54) is 12.7 Å². The van der Waals surface area contributed by atoms with Gasteiger partial charge in [-0.3, -0.25) is 4.79 Å². The first-order valence-electron chi connectivity index (χ1n) is 5.27. The van der Waals surface area contributed by atoms with Gasteiger partial charge < -0.3 is 10.1 Å². The Morgan fingerprint density at radius 2 is 2.19 bits per heavy atom. The summed E-state index contributed by atoms with van der Waals surface area (Å²) in [5.41, 5.74) is 1.17. The van der Waals surface area contributed by atoms with Crippen molar-refractivity contribution in [1.29, 1.82) is 0 Å². The highest BCUT2D eigenvalue weighted by molar-refractivity contribution is 9.10. The van der Waals surface area contributed by atoms with E-state index in [-0.39, 0.29) is 17.8 Å². The zero-order valence-corrected chi connectivity index (χ0v) is 10.7. The van der Waals surface area contributed by atoms with Crippen LogP contribution in [0.2, 0.25) is 0 Å². The Labute approximate surface area is 103 Å². The number of nitrogens with one attached hydrogen (secondary N) is 1. The summed E-state index contributed by atoms with van der Waals surface area (Å²) in [5, 5.41) is 3.24. The number of methoxy groups -OCH3 is 1. The topological polar surface area (TPSA) is 38.3 Å². The molecule has 0 unspecified atom stereocenters. The van der Waals surface area contributed by atoms with Crippen molar-refractivity contribution in [3.63, 3.8) is 0 Å². The molecule has 1 saturated heterocycles. The smallest absolute Gasteiger partial charge is 0.310 e. The van der Waals surface area contributed by atoms with Crippen molar-refractivity contribution >= 4 is 21.9 Å². The largest absolute Gasteiger partial charge is 0.469 e. The monoisotopic (exact) mass is 283 g/mol. The second kappa shape index (κ2) is 4.97. The maximum Gasteiger partial charge on any atom is 0.310 e. The lowest BCUT2D eigenvalue weighted by Crippen LogP contribution is -2.23. The van der Waals surface area contributed by atoms with Gasteiger partial charge in [-0.2, -0.15) is 0 Å². The molecule has 0 bridgehead atoms. The molecule has 3 nitrogen and oxygen atoms in total. The van der Waals surface area contributed by atoms with E-state index < -0.39 is 0 Å². The summed E-state index contributed by atoms with van der Waals surface area (Å²) in [7, 11) is 1.44. The minimum atomic E-state index is -0.134. The average Bonchev–Trinajstić information content (AvgIpc) is 2.77. The summed E-state index contributed by atoms with van der Waals surface area (Å²) in [4.78, 5) is 11.6. The van der Waals surface area contributed by atoms with Crippen molar-refractivity contribution in [2.45, 2.75) is 5.92 Å². The zero-order valence-electron chi connectivity index (χ0n) is 9.07. The van der Waals surface area contributed by atoms with Crippen LogP contribution < -0.4 is 5.32 Å². The van der Waals surface area contributed by atoms with Gasteiger partial charge in [0.25, 0.3) is 0 Å². The molecule has 4 heteroatoms. The molecule has 1 aliphatic rings. The number of carbonyl (C=O) groups excluding carboxylic acids is 1. The highest BCUT2D eigenvalue weighted by Crippen LogP contribution is 2.33. The molecule has 0 aromatic heterocycles. The molecule has 0 radical (unpaired) electrons. The van der Waals surface area contributed by atoms with Crippen LogP contribution in [-0.4, -0.2) is 26.2 Å². The summed E-state index contributed by atoms with van der Waals surface area (Å²) < 4.78 is 5.88. The molecule has 1 aromatic carbocycles. The van der Waals surface area contributed by atoms with Crippen LogP contribution in [0.3, 0.4) is 0 Å². The first kappa shape index (κ1) is 11.6. The van der Waals surface area contributed by atoms with E-state index >= 15 is 0 Å². The standard InChI is InChI=1S/C12H14BrNO2/c1-16-12(15)10-7-14-6-9(10)8-4-2-3-5-11(8)13/h2-5,9-10,14H,6-7H2,1H3/t9-,10+/m1/s1. The van der Waals surface area contributed by atoms with Crippen LogP contribution in [0.1, 0.15) is 11.5 Å². The lowest BCUT2D eigenvalue weighted by atomic mass is 9.89. The van der Waals surface area contributed by atoms with Gasteiger partial charge in [0.15, 0.2) is 0 Å². The molecule has 1 aromatic rings. The Kier molecular flexibility index (Phi) is 3.61. The van der Waals surface area contributed by atoms with E-state index in [0.717, 1.165) is 11.0 Å². The third-order valence-corrected chi connectivity index (χ3v) is 3.75. The van der Waals surface area contributed by atoms with E-state index in [0.29, 0.717) is 6.54 Å². The highest BCUT2D eigenvalue weighted by atomic mass is 79.9. The summed E-state index contributed by atoms with van der Waals surface area (Å²) in [6.07, 6.45) is 0. The molecule has 1 aliphatic heterocycles. The van der Waals surface area contributed by atoms with Crippen molar-refractivity contribution in [1.82, 2.24) is 5.32 Å². The van der Waals surface area contributed by atoms with Gasteiger partial charge in [-0.05, 0) is 11.6 Å². The first-order valence-corrected chi connectivity index (χ1v) is 6.06. The van der Waals surface area contributed by atoms with Crippen LogP contribution >= 0.6 is 15.9 Å². The van der Waals surface area contributed by atoms with Gasteiger partial charge in [0.05, 0.1) is 13.0 Å². The molecular weight excluding hydrogens is 270 g/mol. The molecule has 2 atom stereocenters. The normalized spacial score (nSPS) is 24.4. The fraction of sp³-hybridized carbons (Fsp3) is 0.417. The molecule has 0 aliphatic carbocycles. The number of hydrogen-bond donors (Lipinski definition) is 1. The Bertz CT molecular complexity index is 394. The molecule has 0 saturated carbocycles. The summed E-state index contributed by atoms with van der Waals surface area (Å²) in [6, 6.07) is 8.02. The third kappa shape index (κ3) is 2.13. The Hall–Kier alpha value is -0.870. The number of halogens is 1. The lowest BCUT2D eigenvalue weighted by Gasteiger charge is -2.17. The van der Waals surface area contributed by atoms with Crippen LogP contribution in [0, 0.1) is 5.92 Å². The van der Waals surface area contributed by atoms with Crippen molar-refractivity contribution in [3.05, 3.63) is 34.3 Å². The lowest BCUT2D eigenvalue weighted by molar-refractivity contribution is -0.145. The Balaban J connectivity index is 2.27. The van der Waals surface area contributed by atoms with Crippen molar-refractivity contribution < 1.29 is 9.53 Å². The second-order valence-electron chi connectivity index (χ2n) is 3.92. The van der Waals surface area contributed by atoms with Gasteiger partial charge in [0.2, 0.25) is 0 Å². The van der Waals surface area contributed by atoms with E-state index in [2.05, 4.69) is 27.3 Å². The Morgan fingerprint density at radius 1 is 1.44 bits per heavy atom. The number of ether oxygens (including phenoxy) is 1. The average molecular weight is 284 g/mol. The van der Waals surface area contributed by atoms with Crippen molar-refractivity contribution in [2.75, 3.05) is 20.2 Å².